The van der Waals surface area contributed by atoms with Crippen molar-refractivity contribution in [3.63, 3.8) is 0 Å². The van der Waals surface area contributed by atoms with Crippen molar-refractivity contribution in [2.24, 2.45) is 5.73 Å². The van der Waals surface area contributed by atoms with Crippen LogP contribution in [0.3, 0.4) is 0 Å². The van der Waals surface area contributed by atoms with Crippen molar-refractivity contribution in [3.8, 4) is 0 Å². The number of hydrogen-bond donors (Lipinski definition) is 1. The molecule has 4 nitrogen and oxygen atoms in total. The first kappa shape index (κ1) is 18.4. The molecule has 0 fully saturated rings. The Morgan fingerprint density at radius 3 is 2.33 bits per heavy atom. The van der Waals surface area contributed by atoms with Crippen molar-refractivity contribution in [2.75, 3.05) is 19.0 Å². The third-order valence-electron chi connectivity index (χ3n) is 3.60. The van der Waals surface area contributed by atoms with Crippen LogP contribution < -0.4 is 5.73 Å². The molecule has 0 unspecified atom stereocenters. The number of carbonyl (C=O) groups excluding carboxylic acids is 1. The van der Waals surface area contributed by atoms with E-state index in [0.29, 0.717) is 30.3 Å². The van der Waals surface area contributed by atoms with E-state index in [4.69, 9.17) is 10.5 Å². The second-order valence-electron chi connectivity index (χ2n) is 5.55. The molecule has 0 radical (unpaired) electrons. The summed E-state index contributed by atoms with van der Waals surface area (Å²) in [6.07, 6.45) is 1.68. The maximum Gasteiger partial charge on any atom is 0.248 e. The average Bonchev–Trinajstić information content (AvgIpc) is 2.59. The number of benzene rings is 2. The molecular weight excluding hydrogens is 322 g/mol. The molecule has 2 rings (SSSR count). The van der Waals surface area contributed by atoms with Gasteiger partial charge in [-0.1, -0.05) is 42.5 Å². The second kappa shape index (κ2) is 10.0. The minimum Gasteiger partial charge on any atom is -0.381 e. The van der Waals surface area contributed by atoms with E-state index in [1.54, 1.807) is 24.3 Å². The molecule has 0 saturated carbocycles. The van der Waals surface area contributed by atoms with Gasteiger partial charge in [-0.05, 0) is 36.1 Å². The van der Waals surface area contributed by atoms with Crippen molar-refractivity contribution in [3.05, 3.63) is 71.3 Å². The predicted octanol–water partition coefficient (Wildman–Crippen LogP) is 2.68. The van der Waals surface area contributed by atoms with Crippen LogP contribution in [-0.2, 0) is 27.7 Å². The van der Waals surface area contributed by atoms with Gasteiger partial charge in [0.25, 0.3) is 0 Å². The molecule has 0 aliphatic heterocycles. The number of ether oxygens (including phenoxy) is 1. The van der Waals surface area contributed by atoms with Crippen LogP contribution in [0.1, 0.15) is 27.9 Å². The third kappa shape index (κ3) is 6.64. The Morgan fingerprint density at radius 2 is 1.67 bits per heavy atom. The van der Waals surface area contributed by atoms with Gasteiger partial charge in [0.05, 0.1) is 6.61 Å². The number of hydrogen-bond acceptors (Lipinski definition) is 3. The lowest BCUT2D eigenvalue weighted by molar-refractivity contribution is 0.100. The highest BCUT2D eigenvalue weighted by Gasteiger charge is 2.04. The van der Waals surface area contributed by atoms with Crippen LogP contribution in [0.2, 0.25) is 0 Å². The molecule has 24 heavy (non-hydrogen) atoms. The number of nitrogens with two attached hydrogens (primary N) is 1. The first-order valence-electron chi connectivity index (χ1n) is 8.00. The summed E-state index contributed by atoms with van der Waals surface area (Å²) >= 11 is 0. The molecule has 2 N–H and O–H groups in total. The fourth-order valence-electron chi connectivity index (χ4n) is 2.28. The lowest BCUT2D eigenvalue weighted by Crippen LogP contribution is -2.11. The molecule has 1 amide bonds. The Balaban J connectivity index is 1.58. The molecule has 0 saturated heterocycles. The molecular formula is C19H23NO3S. The van der Waals surface area contributed by atoms with E-state index in [1.807, 2.05) is 18.2 Å². The Kier molecular flexibility index (Phi) is 7.65. The van der Waals surface area contributed by atoms with Crippen LogP contribution in [0, 0.1) is 0 Å². The molecule has 128 valence electrons. The summed E-state index contributed by atoms with van der Waals surface area (Å²) in [4.78, 5) is 11.0. The fourth-order valence-corrected chi connectivity index (χ4v) is 3.43. The topological polar surface area (TPSA) is 69.4 Å². The van der Waals surface area contributed by atoms with Crippen molar-refractivity contribution >= 4 is 16.7 Å². The zero-order chi connectivity index (χ0) is 17.2. The number of rotatable bonds is 10. The van der Waals surface area contributed by atoms with Gasteiger partial charge in [0.2, 0.25) is 5.91 Å². The van der Waals surface area contributed by atoms with Crippen molar-refractivity contribution in [1.29, 1.82) is 0 Å². The number of amides is 1. The van der Waals surface area contributed by atoms with Crippen molar-refractivity contribution in [1.82, 2.24) is 0 Å². The van der Waals surface area contributed by atoms with Crippen LogP contribution in [0.25, 0.3) is 0 Å². The SMILES string of the molecule is NC(=O)c1ccc(C[S@@](=O)CCCOCCc2ccccc2)cc1. The van der Waals surface area contributed by atoms with Crippen LogP contribution in [0.4, 0.5) is 0 Å². The van der Waals surface area contributed by atoms with E-state index in [1.165, 1.54) is 5.56 Å². The Labute approximate surface area is 145 Å². The maximum absolute atomic E-state index is 12.0. The van der Waals surface area contributed by atoms with Crippen LogP contribution >= 0.6 is 0 Å². The van der Waals surface area contributed by atoms with Crippen LogP contribution in [0.5, 0.6) is 0 Å². The van der Waals surface area contributed by atoms with E-state index in [0.717, 1.165) is 18.4 Å². The molecule has 5 heteroatoms. The Morgan fingerprint density at radius 1 is 0.958 bits per heavy atom. The Bertz CT molecular complexity index is 656. The lowest BCUT2D eigenvalue weighted by Gasteiger charge is -2.06. The summed E-state index contributed by atoms with van der Waals surface area (Å²) in [5.74, 6) is 0.654. The quantitative estimate of drug-likeness (QED) is 0.673. The monoisotopic (exact) mass is 345 g/mol. The summed E-state index contributed by atoms with van der Waals surface area (Å²) in [7, 11) is -0.926. The molecule has 0 spiro atoms. The highest BCUT2D eigenvalue weighted by Crippen LogP contribution is 2.07. The van der Waals surface area contributed by atoms with E-state index in [9.17, 15) is 9.00 Å². The van der Waals surface area contributed by atoms with Gasteiger partial charge in [-0.3, -0.25) is 9.00 Å². The largest absolute Gasteiger partial charge is 0.381 e. The first-order chi connectivity index (χ1) is 11.6. The van der Waals surface area contributed by atoms with E-state index in [2.05, 4.69) is 12.1 Å². The molecule has 1 atom stereocenters. The summed E-state index contributed by atoms with van der Waals surface area (Å²) < 4.78 is 17.6. The van der Waals surface area contributed by atoms with Gasteiger partial charge in [-0.15, -0.1) is 0 Å². The summed E-state index contributed by atoms with van der Waals surface area (Å²) in [5.41, 5.74) is 7.88. The molecule has 0 bridgehead atoms. The normalized spacial score (nSPS) is 12.0. The number of carbonyl (C=O) groups is 1. The lowest BCUT2D eigenvalue weighted by atomic mass is 10.1. The maximum atomic E-state index is 12.0. The van der Waals surface area contributed by atoms with Gasteiger partial charge in [0.15, 0.2) is 0 Å². The van der Waals surface area contributed by atoms with Crippen LogP contribution in [-0.4, -0.2) is 29.1 Å². The van der Waals surface area contributed by atoms with E-state index >= 15 is 0 Å². The molecule has 0 heterocycles. The number of primary amides is 1. The summed E-state index contributed by atoms with van der Waals surface area (Å²) in [6.45, 7) is 1.31. The van der Waals surface area contributed by atoms with Gasteiger partial charge in [0.1, 0.15) is 0 Å². The van der Waals surface area contributed by atoms with E-state index in [-0.39, 0.29) is 0 Å². The van der Waals surface area contributed by atoms with Crippen LogP contribution in [0.15, 0.2) is 54.6 Å². The fraction of sp³-hybridized carbons (Fsp3) is 0.316. The third-order valence-corrected chi connectivity index (χ3v) is 5.00. The smallest absolute Gasteiger partial charge is 0.248 e. The predicted molar refractivity (Wildman–Crippen MR) is 97.3 cm³/mol. The second-order valence-corrected chi connectivity index (χ2v) is 7.13. The average molecular weight is 345 g/mol. The van der Waals surface area contributed by atoms with Crippen molar-refractivity contribution < 1.29 is 13.7 Å². The standard InChI is InChI=1S/C19H23NO3S/c20-19(21)18-9-7-17(8-10-18)15-24(22)14-4-12-23-13-11-16-5-2-1-3-6-16/h1-3,5-10H,4,11-15H2,(H2,20,21)/t24-/m0/s1. The van der Waals surface area contributed by atoms with Gasteiger partial charge < -0.3 is 10.5 Å². The highest BCUT2D eigenvalue weighted by molar-refractivity contribution is 7.84. The zero-order valence-corrected chi connectivity index (χ0v) is 14.5. The minimum atomic E-state index is -0.926. The Hall–Kier alpha value is -1.98. The summed E-state index contributed by atoms with van der Waals surface area (Å²) in [6, 6.07) is 17.2. The van der Waals surface area contributed by atoms with Gasteiger partial charge in [-0.25, -0.2) is 0 Å². The van der Waals surface area contributed by atoms with Gasteiger partial charge in [-0.2, -0.15) is 0 Å². The molecule has 2 aromatic carbocycles. The zero-order valence-electron chi connectivity index (χ0n) is 13.6. The minimum absolute atomic E-state index is 0.449. The summed E-state index contributed by atoms with van der Waals surface area (Å²) in [5, 5.41) is 0. The van der Waals surface area contributed by atoms with Gasteiger partial charge >= 0.3 is 0 Å². The molecule has 2 aromatic rings. The molecule has 0 aliphatic carbocycles. The molecule has 0 aliphatic rings. The molecule has 0 aromatic heterocycles. The van der Waals surface area contributed by atoms with Crippen molar-refractivity contribution in [2.45, 2.75) is 18.6 Å². The van der Waals surface area contributed by atoms with E-state index < -0.39 is 16.7 Å². The highest BCUT2D eigenvalue weighted by atomic mass is 32.2. The first-order valence-corrected chi connectivity index (χ1v) is 9.49. The van der Waals surface area contributed by atoms with Gasteiger partial charge in [0, 0.05) is 34.5 Å².